The lowest BCUT2D eigenvalue weighted by Gasteiger charge is -2.07. The largest absolute Gasteiger partial charge is 0.466 e. The molecule has 0 aliphatic rings. The molecule has 1 rings (SSSR count). The maximum Gasteiger partial charge on any atom is 0.310 e. The first-order valence-corrected chi connectivity index (χ1v) is 6.18. The molecule has 5 heteroatoms. The van der Waals surface area contributed by atoms with Gasteiger partial charge in [0.05, 0.1) is 24.7 Å². The summed E-state index contributed by atoms with van der Waals surface area (Å²) in [5.74, 6) is -0.995. The zero-order chi connectivity index (χ0) is 12.8. The van der Waals surface area contributed by atoms with E-state index in [1.807, 2.05) is 6.07 Å². The predicted octanol–water partition coefficient (Wildman–Crippen LogP) is 2.70. The fraction of sp³-hybridized carbons (Fsp3) is 0.333. The smallest absolute Gasteiger partial charge is 0.310 e. The SMILES string of the molecule is CCOC(=O)Cc1ccc(C#N)c(CBr)c1F. The Hall–Kier alpha value is -1.41. The number of esters is 1. The second-order valence-electron chi connectivity index (χ2n) is 3.29. The van der Waals surface area contributed by atoms with Crippen LogP contribution in [0.4, 0.5) is 4.39 Å². The molecule has 0 saturated carbocycles. The van der Waals surface area contributed by atoms with E-state index in [4.69, 9.17) is 10.00 Å². The van der Waals surface area contributed by atoms with Gasteiger partial charge in [-0.3, -0.25) is 4.79 Å². The van der Waals surface area contributed by atoms with Gasteiger partial charge in [-0.1, -0.05) is 22.0 Å². The average molecular weight is 300 g/mol. The van der Waals surface area contributed by atoms with Crippen LogP contribution in [0, 0.1) is 17.1 Å². The highest BCUT2D eigenvalue weighted by molar-refractivity contribution is 9.08. The van der Waals surface area contributed by atoms with Crippen molar-refractivity contribution < 1.29 is 13.9 Å². The zero-order valence-corrected chi connectivity index (χ0v) is 10.9. The molecule has 0 bridgehead atoms. The van der Waals surface area contributed by atoms with E-state index in [0.29, 0.717) is 0 Å². The van der Waals surface area contributed by atoms with Gasteiger partial charge in [0.1, 0.15) is 5.82 Å². The number of nitrogens with zero attached hydrogens (tertiary/aromatic N) is 1. The van der Waals surface area contributed by atoms with Crippen molar-refractivity contribution in [1.29, 1.82) is 5.26 Å². The van der Waals surface area contributed by atoms with Crippen LogP contribution >= 0.6 is 15.9 Å². The van der Waals surface area contributed by atoms with Crippen LogP contribution in [0.3, 0.4) is 0 Å². The quantitative estimate of drug-likeness (QED) is 0.634. The molecule has 1 aromatic rings. The van der Waals surface area contributed by atoms with Gasteiger partial charge in [0.2, 0.25) is 0 Å². The van der Waals surface area contributed by atoms with Gasteiger partial charge in [0.15, 0.2) is 0 Å². The molecule has 0 heterocycles. The minimum Gasteiger partial charge on any atom is -0.466 e. The second-order valence-corrected chi connectivity index (χ2v) is 3.85. The Bertz CT molecular complexity index is 468. The number of nitriles is 1. The minimum atomic E-state index is -0.519. The van der Waals surface area contributed by atoms with Gasteiger partial charge in [-0.05, 0) is 18.6 Å². The molecule has 1 aromatic carbocycles. The number of carbonyl (C=O) groups excluding carboxylic acids is 1. The summed E-state index contributed by atoms with van der Waals surface area (Å²) in [6.07, 6.45) is -0.120. The molecule has 90 valence electrons. The lowest BCUT2D eigenvalue weighted by molar-refractivity contribution is -0.142. The third kappa shape index (κ3) is 3.27. The summed E-state index contributed by atoms with van der Waals surface area (Å²) in [6.45, 7) is 1.96. The lowest BCUT2D eigenvalue weighted by Crippen LogP contribution is -2.10. The Kier molecular flexibility index (Phi) is 5.11. The van der Waals surface area contributed by atoms with E-state index < -0.39 is 11.8 Å². The van der Waals surface area contributed by atoms with E-state index in [-0.39, 0.29) is 35.0 Å². The van der Waals surface area contributed by atoms with Crippen LogP contribution in [-0.4, -0.2) is 12.6 Å². The Morgan fingerprint density at radius 1 is 1.59 bits per heavy atom. The summed E-state index contributed by atoms with van der Waals surface area (Å²) in [5.41, 5.74) is 0.790. The molecular weight excluding hydrogens is 289 g/mol. The third-order valence-corrected chi connectivity index (χ3v) is 2.78. The number of alkyl halides is 1. The van der Waals surface area contributed by atoms with Crippen LogP contribution in [-0.2, 0) is 21.3 Å². The highest BCUT2D eigenvalue weighted by Gasteiger charge is 2.15. The monoisotopic (exact) mass is 299 g/mol. The Balaban J connectivity index is 3.03. The topological polar surface area (TPSA) is 50.1 Å². The number of halogens is 2. The standard InChI is InChI=1S/C12H11BrFNO2/c1-2-17-11(16)5-8-3-4-9(7-15)10(6-13)12(8)14/h3-4H,2,5-6H2,1H3. The van der Waals surface area contributed by atoms with Crippen molar-refractivity contribution >= 4 is 21.9 Å². The van der Waals surface area contributed by atoms with Crippen molar-refractivity contribution in [1.82, 2.24) is 0 Å². The summed E-state index contributed by atoms with van der Waals surface area (Å²) in [4.78, 5) is 11.3. The van der Waals surface area contributed by atoms with Gasteiger partial charge >= 0.3 is 5.97 Å². The Labute approximate surface area is 107 Å². The van der Waals surface area contributed by atoms with Gasteiger partial charge in [0.25, 0.3) is 0 Å². The van der Waals surface area contributed by atoms with Crippen molar-refractivity contribution in [3.8, 4) is 6.07 Å². The first-order valence-electron chi connectivity index (χ1n) is 5.06. The number of hydrogen-bond acceptors (Lipinski definition) is 3. The Morgan fingerprint density at radius 2 is 2.29 bits per heavy atom. The number of carbonyl (C=O) groups is 1. The van der Waals surface area contributed by atoms with Crippen LogP contribution in [0.2, 0.25) is 0 Å². The van der Waals surface area contributed by atoms with E-state index >= 15 is 0 Å². The molecule has 0 fully saturated rings. The predicted molar refractivity (Wildman–Crippen MR) is 64.1 cm³/mol. The number of hydrogen-bond donors (Lipinski definition) is 0. The minimum absolute atomic E-state index is 0.120. The van der Waals surface area contributed by atoms with Crippen LogP contribution in [0.15, 0.2) is 12.1 Å². The van der Waals surface area contributed by atoms with Crippen LogP contribution in [0.1, 0.15) is 23.6 Å². The van der Waals surface area contributed by atoms with E-state index in [9.17, 15) is 9.18 Å². The molecule has 3 nitrogen and oxygen atoms in total. The molecular formula is C12H11BrFNO2. The zero-order valence-electron chi connectivity index (χ0n) is 9.30. The third-order valence-electron chi connectivity index (χ3n) is 2.22. The molecule has 0 radical (unpaired) electrons. The van der Waals surface area contributed by atoms with Crippen molar-refractivity contribution in [3.63, 3.8) is 0 Å². The number of ether oxygens (including phenoxy) is 1. The molecule has 0 aliphatic heterocycles. The number of rotatable bonds is 4. The van der Waals surface area contributed by atoms with Crippen LogP contribution in [0.5, 0.6) is 0 Å². The first-order chi connectivity index (χ1) is 8.13. The van der Waals surface area contributed by atoms with Gasteiger partial charge in [-0.25, -0.2) is 4.39 Å². The van der Waals surface area contributed by atoms with Gasteiger partial charge in [-0.15, -0.1) is 0 Å². The maximum atomic E-state index is 13.9. The summed E-state index contributed by atoms with van der Waals surface area (Å²) >= 11 is 3.12. The normalized spacial score (nSPS) is 9.76. The van der Waals surface area contributed by atoms with Crippen molar-refractivity contribution in [2.24, 2.45) is 0 Å². The maximum absolute atomic E-state index is 13.9. The summed E-state index contributed by atoms with van der Waals surface area (Å²) in [5, 5.41) is 9.04. The Morgan fingerprint density at radius 3 is 2.82 bits per heavy atom. The summed E-state index contributed by atoms with van der Waals surface area (Å²) < 4.78 is 18.7. The fourth-order valence-electron chi connectivity index (χ4n) is 1.41. The first kappa shape index (κ1) is 13.7. The highest BCUT2D eigenvalue weighted by Crippen LogP contribution is 2.20. The molecule has 0 spiro atoms. The van der Waals surface area contributed by atoms with Crippen LogP contribution in [0.25, 0.3) is 0 Å². The van der Waals surface area contributed by atoms with E-state index in [1.54, 1.807) is 6.92 Å². The molecule has 0 atom stereocenters. The molecule has 0 amide bonds. The number of benzene rings is 1. The highest BCUT2D eigenvalue weighted by atomic mass is 79.9. The molecule has 0 aliphatic carbocycles. The molecule has 0 aromatic heterocycles. The summed E-state index contributed by atoms with van der Waals surface area (Å²) in [6, 6.07) is 4.86. The second kappa shape index (κ2) is 6.36. The summed E-state index contributed by atoms with van der Waals surface area (Å²) in [7, 11) is 0. The molecule has 0 N–H and O–H groups in total. The van der Waals surface area contributed by atoms with E-state index in [2.05, 4.69) is 15.9 Å². The van der Waals surface area contributed by atoms with Gasteiger partial charge in [0, 0.05) is 10.9 Å². The lowest BCUT2D eigenvalue weighted by atomic mass is 10.0. The van der Waals surface area contributed by atoms with Gasteiger partial charge < -0.3 is 4.74 Å². The van der Waals surface area contributed by atoms with Crippen LogP contribution < -0.4 is 0 Å². The van der Waals surface area contributed by atoms with E-state index in [1.165, 1.54) is 12.1 Å². The fourth-order valence-corrected chi connectivity index (χ4v) is 1.96. The molecule has 0 saturated heterocycles. The molecule has 17 heavy (non-hydrogen) atoms. The van der Waals surface area contributed by atoms with Crippen molar-refractivity contribution in [2.75, 3.05) is 6.61 Å². The van der Waals surface area contributed by atoms with Crippen molar-refractivity contribution in [2.45, 2.75) is 18.7 Å². The average Bonchev–Trinajstić information content (AvgIpc) is 2.31. The van der Waals surface area contributed by atoms with E-state index in [0.717, 1.165) is 0 Å². The molecule has 0 unspecified atom stereocenters. The van der Waals surface area contributed by atoms with Crippen molar-refractivity contribution in [3.05, 3.63) is 34.6 Å². The van der Waals surface area contributed by atoms with Gasteiger partial charge in [-0.2, -0.15) is 5.26 Å².